The van der Waals surface area contributed by atoms with Gasteiger partial charge >= 0.3 is 0 Å². The van der Waals surface area contributed by atoms with E-state index in [0.717, 1.165) is 19.4 Å². The van der Waals surface area contributed by atoms with Gasteiger partial charge in [-0.3, -0.25) is 0 Å². The fraction of sp³-hybridized carbons (Fsp3) is 1.00. The molecule has 1 nitrogen and oxygen atoms in total. The molecule has 0 amide bonds. The molecule has 0 radical (unpaired) electrons. The number of rotatable bonds is 2. The maximum Gasteiger partial charge on any atom is 0.263 e. The molecule has 1 saturated heterocycles. The number of nitrogens with one attached hydrogen (secondary N) is 1. The van der Waals surface area contributed by atoms with E-state index in [1.165, 1.54) is 0 Å². The molecule has 84 valence electrons. The van der Waals surface area contributed by atoms with Crippen molar-refractivity contribution in [3.63, 3.8) is 0 Å². The van der Waals surface area contributed by atoms with E-state index in [2.05, 4.69) is 5.32 Å². The van der Waals surface area contributed by atoms with E-state index < -0.39 is 12.0 Å². The Balaban J connectivity index is 2.54. The highest BCUT2D eigenvalue weighted by Gasteiger charge is 2.42. The van der Waals surface area contributed by atoms with Gasteiger partial charge in [0.05, 0.1) is 6.04 Å². The highest BCUT2D eigenvalue weighted by molar-refractivity contribution is 4.88. The number of alkyl halides is 2. The Morgan fingerprint density at radius 3 is 2.29 bits per heavy atom. The highest BCUT2D eigenvalue weighted by atomic mass is 19.3. The van der Waals surface area contributed by atoms with E-state index in [9.17, 15) is 8.78 Å². The minimum Gasteiger partial charge on any atom is -0.309 e. The molecule has 1 N–H and O–H groups in total. The molecule has 1 unspecified atom stereocenters. The van der Waals surface area contributed by atoms with Gasteiger partial charge in [-0.25, -0.2) is 8.78 Å². The van der Waals surface area contributed by atoms with Crippen LogP contribution in [0.15, 0.2) is 0 Å². The summed E-state index contributed by atoms with van der Waals surface area (Å²) in [5, 5.41) is 2.93. The second kappa shape index (κ2) is 4.13. The fourth-order valence-electron chi connectivity index (χ4n) is 2.04. The predicted octanol–water partition coefficient (Wildman–Crippen LogP) is 3.20. The minimum absolute atomic E-state index is 0.0301. The first-order valence-corrected chi connectivity index (χ1v) is 5.42. The Morgan fingerprint density at radius 2 is 1.86 bits per heavy atom. The molecule has 1 fully saturated rings. The summed E-state index contributed by atoms with van der Waals surface area (Å²) in [7, 11) is 0. The Labute approximate surface area is 85.3 Å². The third kappa shape index (κ3) is 3.52. The zero-order chi connectivity index (χ0) is 10.8. The SMILES string of the molecule is CC(C)(C)CC(F)(F)C1CCCCN1. The van der Waals surface area contributed by atoms with Crippen LogP contribution < -0.4 is 5.32 Å². The van der Waals surface area contributed by atoms with E-state index in [1.807, 2.05) is 20.8 Å². The smallest absolute Gasteiger partial charge is 0.263 e. The lowest BCUT2D eigenvalue weighted by molar-refractivity contribution is -0.0742. The van der Waals surface area contributed by atoms with E-state index in [-0.39, 0.29) is 11.8 Å². The van der Waals surface area contributed by atoms with Gasteiger partial charge in [-0.15, -0.1) is 0 Å². The summed E-state index contributed by atoms with van der Waals surface area (Å²) in [5.74, 6) is -2.56. The average molecular weight is 205 g/mol. The van der Waals surface area contributed by atoms with Crippen molar-refractivity contribution in [1.82, 2.24) is 5.32 Å². The van der Waals surface area contributed by atoms with Gasteiger partial charge < -0.3 is 5.32 Å². The largest absolute Gasteiger partial charge is 0.309 e. The van der Waals surface area contributed by atoms with Crippen LogP contribution >= 0.6 is 0 Å². The summed E-state index contributed by atoms with van der Waals surface area (Å²) in [4.78, 5) is 0. The molecule has 0 aromatic carbocycles. The van der Waals surface area contributed by atoms with Crippen LogP contribution in [0.3, 0.4) is 0 Å². The zero-order valence-corrected chi connectivity index (χ0v) is 9.37. The molecule has 0 bridgehead atoms. The van der Waals surface area contributed by atoms with Crippen LogP contribution in [0.1, 0.15) is 46.5 Å². The van der Waals surface area contributed by atoms with Gasteiger partial charge in [-0.1, -0.05) is 27.2 Å². The van der Waals surface area contributed by atoms with Crippen molar-refractivity contribution in [3.05, 3.63) is 0 Å². The molecule has 0 aromatic rings. The highest BCUT2D eigenvalue weighted by Crippen LogP contribution is 2.36. The van der Waals surface area contributed by atoms with Crippen LogP contribution in [0.25, 0.3) is 0 Å². The van der Waals surface area contributed by atoms with Gasteiger partial charge in [-0.05, 0) is 24.8 Å². The maximum atomic E-state index is 13.7. The van der Waals surface area contributed by atoms with Crippen molar-refractivity contribution >= 4 is 0 Å². The standard InChI is InChI=1S/C11H21F2N/c1-10(2,3)8-11(12,13)9-6-4-5-7-14-9/h9,14H,4-8H2,1-3H3. The van der Waals surface area contributed by atoms with Crippen LogP contribution in [0.5, 0.6) is 0 Å². The van der Waals surface area contributed by atoms with Crippen molar-refractivity contribution < 1.29 is 8.78 Å². The van der Waals surface area contributed by atoms with Gasteiger partial charge in [-0.2, -0.15) is 0 Å². The zero-order valence-electron chi connectivity index (χ0n) is 9.37. The molecule has 1 heterocycles. The monoisotopic (exact) mass is 205 g/mol. The second-order valence-electron chi connectivity index (χ2n) is 5.50. The molecule has 1 aliphatic heterocycles. The van der Waals surface area contributed by atoms with E-state index in [1.54, 1.807) is 0 Å². The van der Waals surface area contributed by atoms with Crippen molar-refractivity contribution in [2.45, 2.75) is 58.4 Å². The molecule has 0 aromatic heterocycles. The summed E-state index contributed by atoms with van der Waals surface area (Å²) in [6.45, 7) is 6.33. The third-order valence-corrected chi connectivity index (χ3v) is 2.59. The third-order valence-electron chi connectivity index (χ3n) is 2.59. The van der Waals surface area contributed by atoms with Crippen LogP contribution in [-0.2, 0) is 0 Å². The maximum absolute atomic E-state index is 13.7. The van der Waals surface area contributed by atoms with Crippen LogP contribution in [0, 0.1) is 5.41 Å². The fourth-order valence-corrected chi connectivity index (χ4v) is 2.04. The molecule has 1 atom stereocenters. The summed E-state index contributed by atoms with van der Waals surface area (Å²) < 4.78 is 27.5. The quantitative estimate of drug-likeness (QED) is 0.730. The molecule has 0 aliphatic carbocycles. The van der Waals surface area contributed by atoms with Gasteiger partial charge in [0.15, 0.2) is 0 Å². The summed E-state index contributed by atoms with van der Waals surface area (Å²) >= 11 is 0. The average Bonchev–Trinajstić information content (AvgIpc) is 2.01. The molecule has 3 heteroatoms. The van der Waals surface area contributed by atoms with Crippen molar-refractivity contribution in [3.8, 4) is 0 Å². The molecular formula is C11H21F2N. The Kier molecular flexibility index (Phi) is 3.51. The van der Waals surface area contributed by atoms with Gasteiger partial charge in [0.1, 0.15) is 0 Å². The molecule has 0 saturated carbocycles. The lowest BCUT2D eigenvalue weighted by atomic mass is 9.84. The topological polar surface area (TPSA) is 12.0 Å². The number of piperidine rings is 1. The Hall–Kier alpha value is -0.180. The van der Waals surface area contributed by atoms with Crippen LogP contribution in [0.2, 0.25) is 0 Å². The lowest BCUT2D eigenvalue weighted by Gasteiger charge is -2.34. The van der Waals surface area contributed by atoms with Gasteiger partial charge in [0, 0.05) is 6.42 Å². The van der Waals surface area contributed by atoms with E-state index in [0.29, 0.717) is 6.42 Å². The first-order valence-electron chi connectivity index (χ1n) is 5.42. The van der Waals surface area contributed by atoms with E-state index >= 15 is 0 Å². The number of hydrogen-bond donors (Lipinski definition) is 1. The molecule has 14 heavy (non-hydrogen) atoms. The predicted molar refractivity (Wildman–Crippen MR) is 54.7 cm³/mol. The van der Waals surface area contributed by atoms with Crippen molar-refractivity contribution in [2.24, 2.45) is 5.41 Å². The normalized spacial score (nSPS) is 25.1. The second-order valence-corrected chi connectivity index (χ2v) is 5.50. The summed E-state index contributed by atoms with van der Waals surface area (Å²) in [6.07, 6.45) is 2.54. The van der Waals surface area contributed by atoms with Crippen molar-refractivity contribution in [1.29, 1.82) is 0 Å². The molecular weight excluding hydrogens is 184 g/mol. The van der Waals surface area contributed by atoms with Gasteiger partial charge in [0.2, 0.25) is 0 Å². The minimum atomic E-state index is -2.56. The van der Waals surface area contributed by atoms with Crippen LogP contribution in [0.4, 0.5) is 8.78 Å². The molecule has 1 aliphatic rings. The Morgan fingerprint density at radius 1 is 1.21 bits per heavy atom. The van der Waals surface area contributed by atoms with Crippen molar-refractivity contribution in [2.75, 3.05) is 6.54 Å². The first-order chi connectivity index (χ1) is 6.31. The van der Waals surface area contributed by atoms with Gasteiger partial charge in [0.25, 0.3) is 5.92 Å². The van der Waals surface area contributed by atoms with Crippen LogP contribution in [-0.4, -0.2) is 18.5 Å². The lowest BCUT2D eigenvalue weighted by Crippen LogP contribution is -2.49. The number of halogens is 2. The first kappa shape index (κ1) is 11.9. The summed E-state index contributed by atoms with van der Waals surface area (Å²) in [6, 6.07) is -0.601. The Bertz CT molecular complexity index is 178. The van der Waals surface area contributed by atoms with E-state index in [4.69, 9.17) is 0 Å². The molecule has 1 rings (SSSR count). The molecule has 0 spiro atoms. The number of hydrogen-bond acceptors (Lipinski definition) is 1. The summed E-state index contributed by atoms with van der Waals surface area (Å²) in [5.41, 5.74) is -0.303.